The minimum atomic E-state index is -4.51. The normalized spacial score (nSPS) is 18.2. The lowest BCUT2D eigenvalue weighted by Gasteiger charge is -2.34. The Kier molecular flexibility index (Phi) is 4.76. The second kappa shape index (κ2) is 6.84. The van der Waals surface area contributed by atoms with Crippen molar-refractivity contribution in [2.75, 3.05) is 19.7 Å². The zero-order valence-electron chi connectivity index (χ0n) is 13.1. The van der Waals surface area contributed by atoms with Gasteiger partial charge in [-0.2, -0.15) is 13.2 Å². The SMILES string of the molecule is O=C(c1cccc(F)c1)N1CCOC(c2ccccc2C(F)(F)F)C1. The Bertz CT molecular complexity index is 776. The van der Waals surface area contributed by atoms with Gasteiger partial charge in [0, 0.05) is 12.1 Å². The number of carbonyl (C=O) groups excluding carboxylic acids is 1. The number of morpholine rings is 1. The van der Waals surface area contributed by atoms with Crippen LogP contribution in [0.4, 0.5) is 17.6 Å². The summed E-state index contributed by atoms with van der Waals surface area (Å²) < 4.78 is 58.3. The molecule has 0 aliphatic carbocycles. The van der Waals surface area contributed by atoms with E-state index in [9.17, 15) is 22.4 Å². The van der Waals surface area contributed by atoms with Crippen LogP contribution in [0, 0.1) is 5.82 Å². The summed E-state index contributed by atoms with van der Waals surface area (Å²) >= 11 is 0. The minimum Gasteiger partial charge on any atom is -0.370 e. The molecule has 7 heteroatoms. The molecule has 1 amide bonds. The fourth-order valence-electron chi connectivity index (χ4n) is 2.86. The van der Waals surface area contributed by atoms with E-state index < -0.39 is 29.6 Å². The molecular formula is C18H15F4NO2. The summed E-state index contributed by atoms with van der Waals surface area (Å²) in [6.07, 6.45) is -5.39. The number of alkyl halides is 3. The van der Waals surface area contributed by atoms with Gasteiger partial charge in [0.05, 0.1) is 18.7 Å². The highest BCUT2D eigenvalue weighted by Crippen LogP contribution is 2.36. The maximum absolute atomic E-state index is 13.3. The number of amides is 1. The Balaban J connectivity index is 1.84. The van der Waals surface area contributed by atoms with Crippen LogP contribution in [0.5, 0.6) is 0 Å². The molecule has 1 atom stereocenters. The van der Waals surface area contributed by atoms with E-state index in [0.29, 0.717) is 0 Å². The quantitative estimate of drug-likeness (QED) is 0.762. The molecule has 1 saturated heterocycles. The van der Waals surface area contributed by atoms with Crippen LogP contribution >= 0.6 is 0 Å². The van der Waals surface area contributed by atoms with Crippen molar-refractivity contribution < 1.29 is 27.1 Å². The van der Waals surface area contributed by atoms with Crippen LogP contribution in [0.25, 0.3) is 0 Å². The molecule has 1 aliphatic heterocycles. The van der Waals surface area contributed by atoms with E-state index >= 15 is 0 Å². The molecule has 1 unspecified atom stereocenters. The van der Waals surface area contributed by atoms with Crippen LogP contribution in [0.2, 0.25) is 0 Å². The molecule has 2 aromatic carbocycles. The molecule has 0 spiro atoms. The lowest BCUT2D eigenvalue weighted by Crippen LogP contribution is -2.42. The van der Waals surface area contributed by atoms with E-state index in [0.717, 1.165) is 12.1 Å². The van der Waals surface area contributed by atoms with Crippen molar-refractivity contribution in [1.29, 1.82) is 0 Å². The summed E-state index contributed by atoms with van der Waals surface area (Å²) in [6.45, 7) is 0.320. The molecule has 0 N–H and O–H groups in total. The van der Waals surface area contributed by atoms with Gasteiger partial charge in [-0.25, -0.2) is 4.39 Å². The fraction of sp³-hybridized carbons (Fsp3) is 0.278. The van der Waals surface area contributed by atoms with Gasteiger partial charge in [0.25, 0.3) is 5.91 Å². The summed E-state index contributed by atoms with van der Waals surface area (Å²) in [5, 5.41) is 0. The summed E-state index contributed by atoms with van der Waals surface area (Å²) in [5.74, 6) is -0.977. The van der Waals surface area contributed by atoms with E-state index in [-0.39, 0.29) is 30.8 Å². The molecule has 0 saturated carbocycles. The van der Waals surface area contributed by atoms with E-state index in [1.807, 2.05) is 0 Å². The zero-order chi connectivity index (χ0) is 18.0. The first-order chi connectivity index (χ1) is 11.9. The maximum Gasteiger partial charge on any atom is 0.416 e. The summed E-state index contributed by atoms with van der Waals surface area (Å²) in [7, 11) is 0. The largest absolute Gasteiger partial charge is 0.416 e. The number of ether oxygens (including phenoxy) is 1. The van der Waals surface area contributed by atoms with Gasteiger partial charge in [-0.05, 0) is 29.8 Å². The molecule has 1 fully saturated rings. The van der Waals surface area contributed by atoms with Gasteiger partial charge >= 0.3 is 6.18 Å². The Morgan fingerprint density at radius 1 is 1.12 bits per heavy atom. The molecular weight excluding hydrogens is 338 g/mol. The average molecular weight is 353 g/mol. The van der Waals surface area contributed by atoms with Crippen LogP contribution in [0.1, 0.15) is 27.6 Å². The number of hydrogen-bond donors (Lipinski definition) is 0. The van der Waals surface area contributed by atoms with Crippen LogP contribution in [0.15, 0.2) is 48.5 Å². The molecule has 3 rings (SSSR count). The predicted octanol–water partition coefficient (Wildman–Crippen LogP) is 4.06. The first-order valence-electron chi connectivity index (χ1n) is 7.69. The number of halogens is 4. The molecule has 1 heterocycles. The van der Waals surface area contributed by atoms with Gasteiger partial charge in [0.2, 0.25) is 0 Å². The van der Waals surface area contributed by atoms with Crippen molar-refractivity contribution in [2.45, 2.75) is 12.3 Å². The number of nitrogens with zero attached hydrogens (tertiary/aromatic N) is 1. The van der Waals surface area contributed by atoms with Crippen LogP contribution in [-0.2, 0) is 10.9 Å². The lowest BCUT2D eigenvalue weighted by molar-refractivity contribution is -0.140. The third kappa shape index (κ3) is 3.82. The van der Waals surface area contributed by atoms with Gasteiger partial charge in [0.15, 0.2) is 0 Å². The molecule has 1 aliphatic rings. The molecule has 25 heavy (non-hydrogen) atoms. The first kappa shape index (κ1) is 17.4. The molecule has 2 aromatic rings. The molecule has 0 radical (unpaired) electrons. The van der Waals surface area contributed by atoms with Gasteiger partial charge in [-0.15, -0.1) is 0 Å². The Labute approximate surface area is 141 Å². The highest BCUT2D eigenvalue weighted by atomic mass is 19.4. The molecule has 3 nitrogen and oxygen atoms in total. The highest BCUT2D eigenvalue weighted by molar-refractivity contribution is 5.94. The van der Waals surface area contributed by atoms with Gasteiger partial charge in [0.1, 0.15) is 11.9 Å². The van der Waals surface area contributed by atoms with E-state index in [2.05, 4.69) is 0 Å². The second-order valence-electron chi connectivity index (χ2n) is 5.71. The van der Waals surface area contributed by atoms with Crippen molar-refractivity contribution in [2.24, 2.45) is 0 Å². The smallest absolute Gasteiger partial charge is 0.370 e. The van der Waals surface area contributed by atoms with Crippen LogP contribution in [-0.4, -0.2) is 30.5 Å². The van der Waals surface area contributed by atoms with Crippen molar-refractivity contribution in [3.63, 3.8) is 0 Å². The number of rotatable bonds is 2. The Morgan fingerprint density at radius 2 is 1.88 bits per heavy atom. The molecule has 132 valence electrons. The van der Waals surface area contributed by atoms with Crippen molar-refractivity contribution in [3.8, 4) is 0 Å². The Hall–Kier alpha value is -2.41. The lowest BCUT2D eigenvalue weighted by atomic mass is 10.00. The maximum atomic E-state index is 13.3. The predicted molar refractivity (Wildman–Crippen MR) is 82.4 cm³/mol. The average Bonchev–Trinajstić information content (AvgIpc) is 2.60. The van der Waals surface area contributed by atoms with Gasteiger partial charge < -0.3 is 9.64 Å². The monoisotopic (exact) mass is 353 g/mol. The summed E-state index contributed by atoms with van der Waals surface area (Å²) in [5.41, 5.74) is -0.628. The standard InChI is InChI=1S/C18H15F4NO2/c19-13-5-3-4-12(10-13)17(24)23-8-9-25-16(11-23)14-6-1-2-7-15(14)18(20,21)22/h1-7,10,16H,8-9,11H2. The molecule has 0 aromatic heterocycles. The third-order valence-corrected chi connectivity index (χ3v) is 4.04. The summed E-state index contributed by atoms with van der Waals surface area (Å²) in [6, 6.07) is 10.4. The topological polar surface area (TPSA) is 29.5 Å². The fourth-order valence-corrected chi connectivity index (χ4v) is 2.86. The number of benzene rings is 2. The third-order valence-electron chi connectivity index (χ3n) is 4.04. The van der Waals surface area contributed by atoms with Crippen molar-refractivity contribution in [3.05, 3.63) is 71.0 Å². The zero-order valence-corrected chi connectivity index (χ0v) is 13.1. The van der Waals surface area contributed by atoms with Crippen molar-refractivity contribution in [1.82, 2.24) is 4.90 Å². The number of carbonyl (C=O) groups is 1. The Morgan fingerprint density at radius 3 is 2.60 bits per heavy atom. The first-order valence-corrected chi connectivity index (χ1v) is 7.69. The minimum absolute atomic E-state index is 0.00765. The highest BCUT2D eigenvalue weighted by Gasteiger charge is 2.37. The van der Waals surface area contributed by atoms with Gasteiger partial charge in [-0.3, -0.25) is 4.79 Å². The second-order valence-corrected chi connectivity index (χ2v) is 5.71. The molecule has 0 bridgehead atoms. The van der Waals surface area contributed by atoms with Gasteiger partial charge in [-0.1, -0.05) is 24.3 Å². The summed E-state index contributed by atoms with van der Waals surface area (Å²) in [4.78, 5) is 13.9. The van der Waals surface area contributed by atoms with Crippen molar-refractivity contribution >= 4 is 5.91 Å². The van der Waals surface area contributed by atoms with Crippen LogP contribution < -0.4 is 0 Å². The van der Waals surface area contributed by atoms with E-state index in [1.165, 1.54) is 41.3 Å². The van der Waals surface area contributed by atoms with E-state index in [4.69, 9.17) is 4.74 Å². The number of hydrogen-bond acceptors (Lipinski definition) is 2. The van der Waals surface area contributed by atoms with E-state index in [1.54, 1.807) is 0 Å². The van der Waals surface area contributed by atoms with Crippen LogP contribution in [0.3, 0.4) is 0 Å².